The third kappa shape index (κ3) is 4.26. The van der Waals surface area contributed by atoms with Crippen LogP contribution in [0.1, 0.15) is 0 Å². The lowest BCUT2D eigenvalue weighted by Crippen LogP contribution is -2.41. The maximum atomic E-state index is 11.8. The van der Waals surface area contributed by atoms with E-state index in [9.17, 15) is 4.79 Å². The number of benzene rings is 1. The molecule has 0 atom stereocenters. The summed E-state index contributed by atoms with van der Waals surface area (Å²) in [5.41, 5.74) is 9.50. The monoisotopic (exact) mass is 261 g/mol. The Morgan fingerprint density at radius 2 is 2.05 bits per heavy atom. The Bertz CT molecular complexity index is 475. The largest absolute Gasteiger partial charge is 0.379 e. The van der Waals surface area contributed by atoms with E-state index in [1.165, 1.54) is 0 Å². The van der Waals surface area contributed by atoms with Crippen molar-refractivity contribution >= 4 is 17.3 Å². The Morgan fingerprint density at radius 3 is 2.68 bits per heavy atom. The summed E-state index contributed by atoms with van der Waals surface area (Å²) < 4.78 is 5.22. The topological polar surface area (TPSA) is 90.3 Å². The summed E-state index contributed by atoms with van der Waals surface area (Å²) in [6.45, 7) is 3.27. The summed E-state index contributed by atoms with van der Waals surface area (Å²) in [7, 11) is 0. The predicted octanol–water partition coefficient (Wildman–Crippen LogP) is 1.90. The number of amides is 1. The zero-order valence-electron chi connectivity index (χ0n) is 10.5. The highest BCUT2D eigenvalue weighted by Gasteiger charge is 2.13. The zero-order valence-corrected chi connectivity index (χ0v) is 10.5. The van der Waals surface area contributed by atoms with Crippen LogP contribution in [0.15, 0.2) is 29.4 Å². The highest BCUT2D eigenvalue weighted by Crippen LogP contribution is 2.16. The lowest BCUT2D eigenvalue weighted by atomic mass is 10.3. The molecular formula is C12H15N5O2. The maximum absolute atomic E-state index is 11.8. The van der Waals surface area contributed by atoms with E-state index in [4.69, 9.17) is 10.3 Å². The molecule has 0 saturated carbocycles. The SMILES string of the molecule is [N-]=[N+]=Nc1ccc(NC(=O)CN2CCOCC2)cc1. The summed E-state index contributed by atoms with van der Waals surface area (Å²) in [6, 6.07) is 6.73. The van der Waals surface area contributed by atoms with Gasteiger partial charge >= 0.3 is 0 Å². The number of morpholine rings is 1. The summed E-state index contributed by atoms with van der Waals surface area (Å²) >= 11 is 0. The molecule has 100 valence electrons. The summed E-state index contributed by atoms with van der Waals surface area (Å²) in [5, 5.41) is 6.27. The first-order valence-corrected chi connectivity index (χ1v) is 6.03. The van der Waals surface area contributed by atoms with Gasteiger partial charge in [0, 0.05) is 29.4 Å². The highest BCUT2D eigenvalue weighted by atomic mass is 16.5. The molecule has 0 radical (unpaired) electrons. The molecule has 1 aliphatic rings. The van der Waals surface area contributed by atoms with Crippen LogP contribution in [-0.2, 0) is 9.53 Å². The molecule has 19 heavy (non-hydrogen) atoms. The fourth-order valence-corrected chi connectivity index (χ4v) is 1.83. The smallest absolute Gasteiger partial charge is 0.238 e. The number of nitrogens with one attached hydrogen (secondary N) is 1. The molecule has 1 aliphatic heterocycles. The molecule has 7 nitrogen and oxygen atoms in total. The van der Waals surface area contributed by atoms with Gasteiger partial charge in [-0.15, -0.1) is 0 Å². The Labute approximate surface area is 110 Å². The molecule has 1 heterocycles. The van der Waals surface area contributed by atoms with E-state index in [2.05, 4.69) is 15.3 Å². The third-order valence-corrected chi connectivity index (χ3v) is 2.78. The molecule has 1 saturated heterocycles. The van der Waals surface area contributed by atoms with Gasteiger partial charge in [0.1, 0.15) is 0 Å². The van der Waals surface area contributed by atoms with E-state index in [1.807, 2.05) is 4.90 Å². The summed E-state index contributed by atoms with van der Waals surface area (Å²) in [5.74, 6) is -0.0570. The number of rotatable bonds is 4. The predicted molar refractivity (Wildman–Crippen MR) is 71.1 cm³/mol. The first kappa shape index (κ1) is 13.4. The minimum atomic E-state index is -0.0570. The number of carbonyl (C=O) groups excluding carboxylic acids is 1. The van der Waals surface area contributed by atoms with Crippen LogP contribution in [0.3, 0.4) is 0 Å². The zero-order chi connectivity index (χ0) is 13.5. The number of ether oxygens (including phenoxy) is 1. The molecule has 0 bridgehead atoms. The average molecular weight is 261 g/mol. The number of carbonyl (C=O) groups is 1. The van der Waals surface area contributed by atoms with Gasteiger partial charge in [0.25, 0.3) is 0 Å². The van der Waals surface area contributed by atoms with Gasteiger partial charge in [0.15, 0.2) is 0 Å². The van der Waals surface area contributed by atoms with E-state index >= 15 is 0 Å². The van der Waals surface area contributed by atoms with Gasteiger partial charge < -0.3 is 10.1 Å². The van der Waals surface area contributed by atoms with Crippen LogP contribution >= 0.6 is 0 Å². The molecule has 1 amide bonds. The van der Waals surface area contributed by atoms with E-state index in [-0.39, 0.29) is 5.91 Å². The summed E-state index contributed by atoms with van der Waals surface area (Å²) in [4.78, 5) is 16.6. The van der Waals surface area contributed by atoms with Crippen LogP contribution in [0.4, 0.5) is 11.4 Å². The van der Waals surface area contributed by atoms with E-state index in [0.717, 1.165) is 13.1 Å². The Balaban J connectivity index is 1.85. The van der Waals surface area contributed by atoms with Crippen molar-refractivity contribution < 1.29 is 9.53 Å². The van der Waals surface area contributed by atoms with Gasteiger partial charge in [0.2, 0.25) is 5.91 Å². The van der Waals surface area contributed by atoms with Crippen molar-refractivity contribution in [2.75, 3.05) is 38.2 Å². The number of hydrogen-bond acceptors (Lipinski definition) is 4. The molecule has 1 aromatic carbocycles. The van der Waals surface area contributed by atoms with Gasteiger partial charge in [-0.25, -0.2) is 0 Å². The molecule has 1 fully saturated rings. The highest BCUT2D eigenvalue weighted by molar-refractivity contribution is 5.92. The fraction of sp³-hybridized carbons (Fsp3) is 0.417. The number of anilines is 1. The molecule has 1 aromatic rings. The van der Waals surface area contributed by atoms with Crippen molar-refractivity contribution in [1.82, 2.24) is 4.90 Å². The first-order chi connectivity index (χ1) is 9.28. The van der Waals surface area contributed by atoms with Crippen molar-refractivity contribution in [3.63, 3.8) is 0 Å². The second-order valence-corrected chi connectivity index (χ2v) is 4.17. The van der Waals surface area contributed by atoms with Gasteiger partial charge in [0.05, 0.1) is 19.8 Å². The quantitative estimate of drug-likeness (QED) is 0.510. The molecular weight excluding hydrogens is 246 g/mol. The van der Waals surface area contributed by atoms with Gasteiger partial charge in [-0.2, -0.15) is 0 Å². The Kier molecular flexibility index (Phi) is 4.74. The normalized spacial score (nSPS) is 15.6. The van der Waals surface area contributed by atoms with Crippen molar-refractivity contribution in [1.29, 1.82) is 0 Å². The van der Waals surface area contributed by atoms with Gasteiger partial charge in [-0.1, -0.05) is 17.2 Å². The van der Waals surface area contributed by atoms with Crippen LogP contribution in [0.5, 0.6) is 0 Å². The Morgan fingerprint density at radius 1 is 1.37 bits per heavy atom. The maximum Gasteiger partial charge on any atom is 0.238 e. The molecule has 0 aliphatic carbocycles. The fourth-order valence-electron chi connectivity index (χ4n) is 1.83. The standard InChI is InChI=1S/C12H15N5O2/c13-16-15-11-3-1-10(2-4-11)14-12(18)9-17-5-7-19-8-6-17/h1-4H,5-9H2,(H,14,18). The van der Waals surface area contributed by atoms with E-state index in [1.54, 1.807) is 24.3 Å². The van der Waals surface area contributed by atoms with Crippen LogP contribution < -0.4 is 5.32 Å². The van der Waals surface area contributed by atoms with Crippen molar-refractivity contribution in [2.45, 2.75) is 0 Å². The minimum absolute atomic E-state index is 0.0570. The molecule has 7 heteroatoms. The third-order valence-electron chi connectivity index (χ3n) is 2.78. The van der Waals surface area contributed by atoms with Crippen LogP contribution in [0.25, 0.3) is 10.4 Å². The molecule has 0 aromatic heterocycles. The number of hydrogen-bond donors (Lipinski definition) is 1. The summed E-state index contributed by atoms with van der Waals surface area (Å²) in [6.07, 6.45) is 0. The minimum Gasteiger partial charge on any atom is -0.379 e. The van der Waals surface area contributed by atoms with Crippen molar-refractivity contribution in [3.8, 4) is 0 Å². The van der Waals surface area contributed by atoms with Crippen LogP contribution in [0, 0.1) is 0 Å². The first-order valence-electron chi connectivity index (χ1n) is 6.03. The Hall–Kier alpha value is -2.08. The van der Waals surface area contributed by atoms with Crippen LogP contribution in [-0.4, -0.2) is 43.7 Å². The lowest BCUT2D eigenvalue weighted by Gasteiger charge is -2.25. The molecule has 0 unspecified atom stereocenters. The average Bonchev–Trinajstić information content (AvgIpc) is 2.42. The van der Waals surface area contributed by atoms with Crippen molar-refractivity contribution in [3.05, 3.63) is 34.7 Å². The number of nitrogens with zero attached hydrogens (tertiary/aromatic N) is 4. The van der Waals surface area contributed by atoms with Gasteiger partial charge in [-0.3, -0.25) is 9.69 Å². The van der Waals surface area contributed by atoms with Crippen LogP contribution in [0.2, 0.25) is 0 Å². The number of azide groups is 1. The van der Waals surface area contributed by atoms with E-state index < -0.39 is 0 Å². The lowest BCUT2D eigenvalue weighted by molar-refractivity contribution is -0.118. The van der Waals surface area contributed by atoms with E-state index in [0.29, 0.717) is 31.1 Å². The second-order valence-electron chi connectivity index (χ2n) is 4.17. The van der Waals surface area contributed by atoms with Crippen molar-refractivity contribution in [2.24, 2.45) is 5.11 Å². The second kappa shape index (κ2) is 6.75. The van der Waals surface area contributed by atoms with Gasteiger partial charge in [-0.05, 0) is 17.7 Å². The molecule has 2 rings (SSSR count). The molecule has 0 spiro atoms. The molecule has 1 N–H and O–H groups in total.